The maximum Gasteiger partial charge on any atom is 0.251 e. The molecule has 1 aliphatic heterocycles. The molecule has 1 aliphatic rings. The van der Waals surface area contributed by atoms with Gasteiger partial charge in [0.15, 0.2) is 0 Å². The fourth-order valence-electron chi connectivity index (χ4n) is 1.18. The van der Waals surface area contributed by atoms with Crippen LogP contribution in [0.3, 0.4) is 0 Å². The molecular weight excluding hydrogens is 127 g/mol. The van der Waals surface area contributed by atoms with Crippen LogP contribution in [-0.4, -0.2) is 47.6 Å². The lowest BCUT2D eigenvalue weighted by molar-refractivity contribution is 0.249. The van der Waals surface area contributed by atoms with Gasteiger partial charge in [0, 0.05) is 0 Å². The third-order valence-electron chi connectivity index (χ3n) is 1.95. The number of nitrogens with zero attached hydrogens (tertiary/aromatic N) is 1. The Morgan fingerprint density at radius 3 is 2.44 bits per heavy atom. The Morgan fingerprint density at radius 2 is 2.00 bits per heavy atom. The average Bonchev–Trinajstić information content (AvgIpc) is 1.90. The van der Waals surface area contributed by atoms with E-state index < -0.39 is 0 Å². The third-order valence-corrected chi connectivity index (χ3v) is 2.43. The Kier molecular flexibility index (Phi) is 3.01. The van der Waals surface area contributed by atoms with Gasteiger partial charge in [0.2, 0.25) is 0 Å². The second-order valence-corrected chi connectivity index (χ2v) is 3.08. The summed E-state index contributed by atoms with van der Waals surface area (Å²) in [4.78, 5) is 2.37. The molecule has 0 amide bonds. The van der Waals surface area contributed by atoms with E-state index in [9.17, 15) is 0 Å². The number of hydrogen-bond acceptors (Lipinski definition) is 2. The zero-order valence-electron chi connectivity index (χ0n) is 5.93. The first-order valence-electron chi connectivity index (χ1n) is 3.47. The van der Waals surface area contributed by atoms with E-state index in [0.29, 0.717) is 0 Å². The molecule has 1 rings (SSSR count). The lowest BCUT2D eigenvalue weighted by Gasteiger charge is -2.29. The van der Waals surface area contributed by atoms with Crippen molar-refractivity contribution in [3.05, 3.63) is 0 Å². The molecule has 0 aliphatic carbocycles. The molecule has 0 saturated carbocycles. The van der Waals surface area contributed by atoms with Crippen LogP contribution in [0.25, 0.3) is 0 Å². The second-order valence-electron chi connectivity index (χ2n) is 2.74. The van der Waals surface area contributed by atoms with Crippen molar-refractivity contribution in [3.8, 4) is 0 Å². The van der Waals surface area contributed by atoms with Gasteiger partial charge in [0.05, 0.1) is 0 Å². The Balaban J connectivity index is 2.18. The van der Waals surface area contributed by atoms with Crippen LogP contribution < -0.4 is 4.30 Å². The standard InChI is InChI=1S/C6H13N2.Al/c1-8-4-2-6(7)3-5-8;/h6-7H,2-5H2,1H3;/q-1;+1. The topological polar surface area (TPSA) is 15.3 Å². The zero-order chi connectivity index (χ0) is 6.69. The summed E-state index contributed by atoms with van der Waals surface area (Å²) < 4.78 is 3.21. The van der Waals surface area contributed by atoms with Gasteiger partial charge in [-0.15, -0.1) is 0 Å². The Morgan fingerprint density at radius 1 is 1.44 bits per heavy atom. The normalized spacial score (nSPS) is 24.6. The van der Waals surface area contributed by atoms with Crippen LogP contribution in [0.4, 0.5) is 0 Å². The number of piperidine rings is 1. The number of likely N-dealkylation sites (tertiary alicyclic amines) is 1. The maximum atomic E-state index is 3.21. The molecule has 1 heterocycles. The number of rotatable bonds is 1. The molecule has 2 radical (unpaired) electrons. The minimum Gasteiger partial charge on any atom is -0.412 e. The van der Waals surface area contributed by atoms with Crippen LogP contribution in [0.5, 0.6) is 0 Å². The minimum atomic E-state index is 0.742. The van der Waals surface area contributed by atoms with Crippen molar-refractivity contribution in [2.75, 3.05) is 20.1 Å². The zero-order valence-corrected chi connectivity index (χ0v) is 7.09. The average molecular weight is 140 g/mol. The maximum absolute atomic E-state index is 3.21. The van der Waals surface area contributed by atoms with Crippen LogP contribution in [-0.2, 0) is 0 Å². The monoisotopic (exact) mass is 140 g/mol. The van der Waals surface area contributed by atoms with E-state index >= 15 is 0 Å². The van der Waals surface area contributed by atoms with Crippen molar-refractivity contribution in [2.24, 2.45) is 0 Å². The van der Waals surface area contributed by atoms with Gasteiger partial charge in [-0.2, -0.15) is 0 Å². The van der Waals surface area contributed by atoms with Crippen molar-refractivity contribution in [1.82, 2.24) is 9.20 Å². The quantitative estimate of drug-likeness (QED) is 0.505. The van der Waals surface area contributed by atoms with E-state index in [2.05, 4.69) is 32.8 Å². The van der Waals surface area contributed by atoms with Gasteiger partial charge in [-0.25, -0.2) is 0 Å². The van der Waals surface area contributed by atoms with Gasteiger partial charge in [0.25, 0.3) is 16.5 Å². The molecule has 0 spiro atoms. The molecule has 2 nitrogen and oxygen atoms in total. The van der Waals surface area contributed by atoms with Gasteiger partial charge in [0.1, 0.15) is 0 Å². The minimum absolute atomic E-state index is 0.742. The molecule has 1 N–H and O–H groups in total. The van der Waals surface area contributed by atoms with Crippen LogP contribution in [0.1, 0.15) is 12.8 Å². The molecule has 0 aromatic heterocycles. The van der Waals surface area contributed by atoms with Crippen LogP contribution >= 0.6 is 0 Å². The van der Waals surface area contributed by atoms with Crippen molar-refractivity contribution < 1.29 is 0 Å². The third kappa shape index (κ3) is 2.27. The molecule has 0 aromatic rings. The first-order chi connectivity index (χ1) is 4.33. The molecule has 9 heavy (non-hydrogen) atoms. The summed E-state index contributed by atoms with van der Waals surface area (Å²) in [5.74, 6) is 0. The van der Waals surface area contributed by atoms with E-state index in [4.69, 9.17) is 0 Å². The summed E-state index contributed by atoms with van der Waals surface area (Å²) in [6, 6.07) is 0.742. The highest BCUT2D eigenvalue weighted by Gasteiger charge is 2.12. The molecule has 3 heteroatoms. The van der Waals surface area contributed by atoms with Crippen molar-refractivity contribution >= 4 is 16.5 Å². The summed E-state index contributed by atoms with van der Waals surface area (Å²) in [5, 5.41) is 0. The number of hydrogen-bond donors (Lipinski definition) is 1. The van der Waals surface area contributed by atoms with Crippen molar-refractivity contribution in [1.29, 1.82) is 0 Å². The highest BCUT2D eigenvalue weighted by atomic mass is 27.1. The summed E-state index contributed by atoms with van der Waals surface area (Å²) in [7, 11) is 2.18. The van der Waals surface area contributed by atoms with E-state index in [-0.39, 0.29) is 0 Å². The Hall–Kier alpha value is 0.452. The molecule has 1 saturated heterocycles. The fourth-order valence-corrected chi connectivity index (χ4v) is 1.51. The molecular formula is C6H13AlN2. The summed E-state index contributed by atoms with van der Waals surface area (Å²) in [6.07, 6.45) is 2.58. The Labute approximate surface area is 65.2 Å². The van der Waals surface area contributed by atoms with Crippen molar-refractivity contribution in [2.45, 2.75) is 18.9 Å². The predicted molar refractivity (Wildman–Crippen MR) is 39.4 cm³/mol. The molecule has 0 bridgehead atoms. The first kappa shape index (κ1) is 7.56. The molecule has 0 atom stereocenters. The van der Waals surface area contributed by atoms with Crippen LogP contribution in [0.2, 0.25) is 0 Å². The highest BCUT2D eigenvalue weighted by Crippen LogP contribution is 2.06. The summed E-state index contributed by atoms with van der Waals surface area (Å²) in [5.41, 5.74) is 0. The van der Waals surface area contributed by atoms with E-state index in [1.807, 2.05) is 0 Å². The van der Waals surface area contributed by atoms with Gasteiger partial charge >= 0.3 is 0 Å². The van der Waals surface area contributed by atoms with Crippen LogP contribution in [0.15, 0.2) is 0 Å². The Bertz CT molecular complexity index is 79.1. The lowest BCUT2D eigenvalue weighted by atomic mass is 10.1. The highest BCUT2D eigenvalue weighted by molar-refractivity contribution is 6.04. The fraction of sp³-hybridized carbons (Fsp3) is 1.00. The largest absolute Gasteiger partial charge is 0.412 e. The van der Waals surface area contributed by atoms with E-state index in [0.717, 1.165) is 6.04 Å². The summed E-state index contributed by atoms with van der Waals surface area (Å²) >= 11 is 2.59. The van der Waals surface area contributed by atoms with Gasteiger partial charge < -0.3 is 9.20 Å². The molecule has 0 unspecified atom stereocenters. The SMILES string of the molecule is CN1CCC([NH][Al])CC1. The van der Waals surface area contributed by atoms with Gasteiger partial charge in [-0.1, -0.05) is 0 Å². The number of nitrogens with one attached hydrogen (secondary N) is 1. The predicted octanol–water partition coefficient (Wildman–Crippen LogP) is -0.246. The van der Waals surface area contributed by atoms with Crippen LogP contribution in [0, 0.1) is 0 Å². The molecule has 0 aromatic carbocycles. The smallest absolute Gasteiger partial charge is 0.251 e. The summed E-state index contributed by atoms with van der Waals surface area (Å²) in [6.45, 7) is 2.48. The molecule has 50 valence electrons. The van der Waals surface area contributed by atoms with E-state index in [1.165, 1.54) is 25.9 Å². The van der Waals surface area contributed by atoms with Gasteiger partial charge in [-0.3, -0.25) is 0 Å². The van der Waals surface area contributed by atoms with E-state index in [1.54, 1.807) is 0 Å². The first-order valence-corrected chi connectivity index (χ1v) is 4.05. The second kappa shape index (κ2) is 3.58. The lowest BCUT2D eigenvalue weighted by Crippen LogP contribution is -2.39. The molecule has 1 fully saturated rings. The van der Waals surface area contributed by atoms with Gasteiger partial charge in [-0.05, 0) is 39.0 Å². The van der Waals surface area contributed by atoms with Crippen molar-refractivity contribution in [3.63, 3.8) is 0 Å².